The Bertz CT molecular complexity index is 549. The summed E-state index contributed by atoms with van der Waals surface area (Å²) in [4.78, 5) is 3.54. The minimum Gasteiger partial charge on any atom is -0.384 e. The third kappa shape index (κ3) is 3.33. The summed E-state index contributed by atoms with van der Waals surface area (Å²) < 4.78 is 37.4. The van der Waals surface area contributed by atoms with Crippen LogP contribution in [0.5, 0.6) is 0 Å². The molecule has 2 rings (SSSR count). The summed E-state index contributed by atoms with van der Waals surface area (Å²) in [6.45, 7) is 1.49. The minimum atomic E-state index is -4.47. The molecule has 1 aromatic carbocycles. The average Bonchev–Trinajstić information content (AvgIpc) is 2.79. The van der Waals surface area contributed by atoms with E-state index in [1.807, 2.05) is 30.3 Å². The molecule has 1 aromatic heterocycles. The molecule has 0 spiro atoms. The molecule has 0 amide bonds. The Labute approximate surface area is 112 Å². The Morgan fingerprint density at radius 1 is 1.21 bits per heavy atom. The summed E-state index contributed by atoms with van der Waals surface area (Å²) in [7, 11) is 0. The Balaban J connectivity index is 2.22. The number of thiazole rings is 1. The molecule has 0 aliphatic carbocycles. The molecule has 0 bridgehead atoms. The monoisotopic (exact) mass is 287 g/mol. The third-order valence-electron chi connectivity index (χ3n) is 2.67. The highest BCUT2D eigenvalue weighted by atomic mass is 32.1. The molecule has 0 radical (unpaired) electrons. The average molecular weight is 287 g/mol. The quantitative estimate of drug-likeness (QED) is 0.935. The molecule has 102 valence electrons. The fourth-order valence-electron chi connectivity index (χ4n) is 1.73. The third-order valence-corrected chi connectivity index (χ3v) is 3.97. The number of aromatic nitrogens is 1. The predicted octanol–water partition coefficient (Wildman–Crippen LogP) is 3.61. The standard InChI is InChI=1S/C13H12F3NOS/c1-12(18,7-9-5-3-2-4-6-9)10-8-17-11(19-10)13(14,15)16/h2-6,8,18H,7H2,1H3. The molecule has 1 N–H and O–H groups in total. The van der Waals surface area contributed by atoms with Gasteiger partial charge in [-0.1, -0.05) is 30.3 Å². The van der Waals surface area contributed by atoms with Crippen molar-refractivity contribution < 1.29 is 18.3 Å². The van der Waals surface area contributed by atoms with Gasteiger partial charge in [-0.15, -0.1) is 11.3 Å². The van der Waals surface area contributed by atoms with Crippen LogP contribution in [-0.2, 0) is 18.2 Å². The highest BCUT2D eigenvalue weighted by molar-refractivity contribution is 7.11. The molecule has 19 heavy (non-hydrogen) atoms. The highest BCUT2D eigenvalue weighted by Crippen LogP contribution is 2.37. The summed E-state index contributed by atoms with van der Waals surface area (Å²) in [6, 6.07) is 9.12. The first-order chi connectivity index (χ1) is 8.79. The second-order valence-electron chi connectivity index (χ2n) is 4.46. The summed E-state index contributed by atoms with van der Waals surface area (Å²) in [6.07, 6.45) is -3.13. The van der Waals surface area contributed by atoms with E-state index < -0.39 is 16.8 Å². The molecule has 0 aliphatic heterocycles. The van der Waals surface area contributed by atoms with Gasteiger partial charge in [0.15, 0.2) is 5.01 Å². The lowest BCUT2D eigenvalue weighted by Gasteiger charge is -2.21. The molecule has 2 nitrogen and oxygen atoms in total. The van der Waals surface area contributed by atoms with Gasteiger partial charge in [0.1, 0.15) is 5.60 Å². The number of halogens is 3. The van der Waals surface area contributed by atoms with Gasteiger partial charge in [0.2, 0.25) is 0 Å². The van der Waals surface area contributed by atoms with Crippen molar-refractivity contribution in [3.63, 3.8) is 0 Å². The van der Waals surface area contributed by atoms with E-state index in [1.54, 1.807) is 0 Å². The SMILES string of the molecule is CC(O)(Cc1ccccc1)c1cnc(C(F)(F)F)s1. The zero-order valence-electron chi connectivity index (χ0n) is 10.1. The van der Waals surface area contributed by atoms with Crippen LogP contribution in [0.3, 0.4) is 0 Å². The molecular weight excluding hydrogens is 275 g/mol. The molecule has 2 aromatic rings. The van der Waals surface area contributed by atoms with E-state index >= 15 is 0 Å². The van der Waals surface area contributed by atoms with E-state index in [2.05, 4.69) is 4.98 Å². The number of rotatable bonds is 3. The Morgan fingerprint density at radius 2 is 1.84 bits per heavy atom. The maximum absolute atomic E-state index is 12.5. The second-order valence-corrected chi connectivity index (χ2v) is 5.49. The zero-order valence-corrected chi connectivity index (χ0v) is 10.9. The van der Waals surface area contributed by atoms with Crippen molar-refractivity contribution in [3.05, 3.63) is 52.0 Å². The molecule has 6 heteroatoms. The second kappa shape index (κ2) is 4.94. The van der Waals surface area contributed by atoms with Gasteiger partial charge < -0.3 is 5.11 Å². The summed E-state index contributed by atoms with van der Waals surface area (Å²) >= 11 is 0.480. The maximum atomic E-state index is 12.5. The Hall–Kier alpha value is -1.40. The maximum Gasteiger partial charge on any atom is 0.443 e. The van der Waals surface area contributed by atoms with Crippen molar-refractivity contribution in [2.75, 3.05) is 0 Å². The highest BCUT2D eigenvalue weighted by Gasteiger charge is 2.37. The Morgan fingerprint density at radius 3 is 2.37 bits per heavy atom. The van der Waals surface area contributed by atoms with Crippen molar-refractivity contribution in [2.24, 2.45) is 0 Å². The van der Waals surface area contributed by atoms with Crippen LogP contribution < -0.4 is 0 Å². The molecule has 1 unspecified atom stereocenters. The molecule has 1 atom stereocenters. The first kappa shape index (κ1) is 14.0. The molecular formula is C13H12F3NOS. The number of hydrogen-bond donors (Lipinski definition) is 1. The Kier molecular flexibility index (Phi) is 3.64. The zero-order chi connectivity index (χ0) is 14.1. The minimum absolute atomic E-state index is 0.212. The van der Waals surface area contributed by atoms with Crippen LogP contribution in [-0.4, -0.2) is 10.1 Å². The lowest BCUT2D eigenvalue weighted by atomic mass is 9.95. The van der Waals surface area contributed by atoms with Crippen LogP contribution in [0.2, 0.25) is 0 Å². The number of alkyl halides is 3. The number of hydrogen-bond acceptors (Lipinski definition) is 3. The lowest BCUT2D eigenvalue weighted by Crippen LogP contribution is -2.22. The largest absolute Gasteiger partial charge is 0.443 e. The fourth-order valence-corrected chi connectivity index (χ4v) is 2.56. The van der Waals surface area contributed by atoms with E-state index in [-0.39, 0.29) is 11.3 Å². The first-order valence-corrected chi connectivity index (χ1v) is 6.40. The molecule has 1 heterocycles. The van der Waals surface area contributed by atoms with Gasteiger partial charge in [-0.25, -0.2) is 4.98 Å². The van der Waals surface area contributed by atoms with Gasteiger partial charge >= 0.3 is 6.18 Å². The lowest BCUT2D eigenvalue weighted by molar-refractivity contribution is -0.137. The van der Waals surface area contributed by atoms with Crippen LogP contribution in [0.15, 0.2) is 36.5 Å². The molecule has 0 fully saturated rings. The van der Waals surface area contributed by atoms with Crippen LogP contribution >= 0.6 is 11.3 Å². The molecule has 0 saturated carbocycles. The van der Waals surface area contributed by atoms with Crippen molar-refractivity contribution in [1.82, 2.24) is 4.98 Å². The van der Waals surface area contributed by atoms with Gasteiger partial charge in [0.05, 0.1) is 4.88 Å². The summed E-state index contributed by atoms with van der Waals surface area (Å²) in [5.41, 5.74) is -0.503. The van der Waals surface area contributed by atoms with E-state index in [9.17, 15) is 18.3 Å². The van der Waals surface area contributed by atoms with Crippen LogP contribution in [0.25, 0.3) is 0 Å². The van der Waals surface area contributed by atoms with Crippen molar-refractivity contribution >= 4 is 11.3 Å². The van der Waals surface area contributed by atoms with Crippen LogP contribution in [0.4, 0.5) is 13.2 Å². The van der Waals surface area contributed by atoms with Crippen molar-refractivity contribution in [2.45, 2.75) is 25.1 Å². The predicted molar refractivity (Wildman–Crippen MR) is 66.8 cm³/mol. The fraction of sp³-hybridized carbons (Fsp3) is 0.308. The van der Waals surface area contributed by atoms with Gasteiger partial charge in [-0.05, 0) is 12.5 Å². The smallest absolute Gasteiger partial charge is 0.384 e. The number of benzene rings is 1. The molecule has 0 aliphatic rings. The van der Waals surface area contributed by atoms with Gasteiger partial charge in [-0.2, -0.15) is 13.2 Å². The van der Waals surface area contributed by atoms with Crippen LogP contribution in [0.1, 0.15) is 22.4 Å². The van der Waals surface area contributed by atoms with Crippen molar-refractivity contribution in [1.29, 1.82) is 0 Å². The van der Waals surface area contributed by atoms with Gasteiger partial charge in [-0.3, -0.25) is 0 Å². The normalized spacial score (nSPS) is 15.2. The number of aliphatic hydroxyl groups is 1. The summed E-state index contributed by atoms with van der Waals surface area (Å²) in [5, 5.41) is 9.39. The van der Waals surface area contributed by atoms with E-state index in [0.717, 1.165) is 11.8 Å². The van der Waals surface area contributed by atoms with Crippen LogP contribution in [0, 0.1) is 0 Å². The van der Waals surface area contributed by atoms with Gasteiger partial charge in [0, 0.05) is 12.6 Å². The summed E-state index contributed by atoms with van der Waals surface area (Å²) in [5.74, 6) is 0. The van der Waals surface area contributed by atoms with E-state index in [1.165, 1.54) is 6.92 Å². The van der Waals surface area contributed by atoms with E-state index in [4.69, 9.17) is 0 Å². The van der Waals surface area contributed by atoms with Gasteiger partial charge in [0.25, 0.3) is 0 Å². The van der Waals surface area contributed by atoms with E-state index in [0.29, 0.717) is 11.3 Å². The first-order valence-electron chi connectivity index (χ1n) is 5.59. The molecule has 0 saturated heterocycles. The topological polar surface area (TPSA) is 33.1 Å². The van der Waals surface area contributed by atoms with Crippen molar-refractivity contribution in [3.8, 4) is 0 Å². The number of nitrogens with zero attached hydrogens (tertiary/aromatic N) is 1.